The smallest absolute Gasteiger partial charge is 0.215 e. The van der Waals surface area contributed by atoms with E-state index in [4.69, 9.17) is 0 Å². The van der Waals surface area contributed by atoms with E-state index in [9.17, 15) is 9.50 Å². The largest absolute Gasteiger partial charge is 0.493 e. The molecule has 0 unspecified atom stereocenters. The molecule has 4 nitrogen and oxygen atoms in total. The number of hydrogen-bond acceptors (Lipinski definition) is 3. The minimum absolute atomic E-state index is 0.0285. The molecule has 0 atom stereocenters. The molecule has 1 aromatic carbocycles. The molecule has 0 amide bonds. The second-order valence-electron chi connectivity index (χ2n) is 4.40. The molecule has 0 aliphatic carbocycles. The van der Waals surface area contributed by atoms with Gasteiger partial charge in [-0.2, -0.15) is 9.78 Å². The van der Waals surface area contributed by atoms with Gasteiger partial charge in [-0.15, -0.1) is 0 Å². The van der Waals surface area contributed by atoms with Gasteiger partial charge in [0.1, 0.15) is 5.82 Å². The standard InChI is InChI=1S/C15H12FN3O/c16-12-6-4-11(5-7-12)9-13-10-15(20)19(18-13)14-3-1-2-8-17-14/h1-8,10,20H,9H2. The summed E-state index contributed by atoms with van der Waals surface area (Å²) in [4.78, 5) is 4.13. The number of rotatable bonds is 3. The zero-order valence-corrected chi connectivity index (χ0v) is 10.6. The molecule has 100 valence electrons. The van der Waals surface area contributed by atoms with Crippen molar-refractivity contribution in [3.63, 3.8) is 0 Å². The maximum absolute atomic E-state index is 12.8. The topological polar surface area (TPSA) is 50.9 Å². The third-order valence-electron chi connectivity index (χ3n) is 2.91. The molecule has 3 rings (SSSR count). The van der Waals surface area contributed by atoms with Crippen LogP contribution >= 0.6 is 0 Å². The van der Waals surface area contributed by atoms with Gasteiger partial charge in [-0.3, -0.25) is 0 Å². The summed E-state index contributed by atoms with van der Waals surface area (Å²) in [6, 6.07) is 13.2. The van der Waals surface area contributed by atoms with Gasteiger partial charge in [0.25, 0.3) is 0 Å². The molecule has 0 saturated carbocycles. The summed E-state index contributed by atoms with van der Waals surface area (Å²) in [5, 5.41) is 14.2. The zero-order valence-electron chi connectivity index (χ0n) is 10.6. The molecule has 0 saturated heterocycles. The van der Waals surface area contributed by atoms with Crippen molar-refractivity contribution >= 4 is 0 Å². The molecule has 2 aromatic heterocycles. The van der Waals surface area contributed by atoms with Crippen molar-refractivity contribution in [2.75, 3.05) is 0 Å². The SMILES string of the molecule is Oc1cc(Cc2ccc(F)cc2)nn1-c1ccccn1. The van der Waals surface area contributed by atoms with Crippen LogP contribution in [-0.2, 0) is 6.42 Å². The quantitative estimate of drug-likeness (QED) is 0.795. The molecule has 5 heteroatoms. The molecule has 0 fully saturated rings. The first-order valence-corrected chi connectivity index (χ1v) is 6.16. The third-order valence-corrected chi connectivity index (χ3v) is 2.91. The minimum Gasteiger partial charge on any atom is -0.493 e. The third kappa shape index (κ3) is 2.51. The number of halogens is 1. The first kappa shape index (κ1) is 12.3. The summed E-state index contributed by atoms with van der Waals surface area (Å²) in [7, 11) is 0. The fourth-order valence-corrected chi connectivity index (χ4v) is 1.96. The number of aromatic hydroxyl groups is 1. The molecular weight excluding hydrogens is 257 g/mol. The highest BCUT2D eigenvalue weighted by Gasteiger charge is 2.09. The van der Waals surface area contributed by atoms with Crippen LogP contribution in [0.5, 0.6) is 5.88 Å². The Labute approximate surface area is 115 Å². The molecular formula is C15H12FN3O. The molecule has 2 heterocycles. The minimum atomic E-state index is -0.268. The molecule has 0 aliphatic rings. The van der Waals surface area contributed by atoms with Crippen molar-refractivity contribution in [3.05, 3.63) is 71.8 Å². The van der Waals surface area contributed by atoms with Crippen LogP contribution in [0.15, 0.2) is 54.7 Å². The number of hydrogen-bond donors (Lipinski definition) is 1. The van der Waals surface area contributed by atoms with Gasteiger partial charge in [0, 0.05) is 18.7 Å². The van der Waals surface area contributed by atoms with Crippen molar-refractivity contribution < 1.29 is 9.50 Å². The Balaban J connectivity index is 1.87. The second-order valence-corrected chi connectivity index (χ2v) is 4.40. The van der Waals surface area contributed by atoms with E-state index < -0.39 is 0 Å². The van der Waals surface area contributed by atoms with E-state index in [1.807, 2.05) is 6.07 Å². The summed E-state index contributed by atoms with van der Waals surface area (Å²) < 4.78 is 14.2. The van der Waals surface area contributed by atoms with Crippen molar-refractivity contribution in [1.82, 2.24) is 14.8 Å². The normalized spacial score (nSPS) is 10.7. The summed E-state index contributed by atoms with van der Waals surface area (Å²) >= 11 is 0. The Bertz CT molecular complexity index is 708. The van der Waals surface area contributed by atoms with Crippen LogP contribution in [0.4, 0.5) is 4.39 Å². The van der Waals surface area contributed by atoms with E-state index in [-0.39, 0.29) is 11.7 Å². The van der Waals surface area contributed by atoms with Crippen molar-refractivity contribution in [1.29, 1.82) is 0 Å². The molecule has 0 spiro atoms. The lowest BCUT2D eigenvalue weighted by Crippen LogP contribution is -1.99. The van der Waals surface area contributed by atoms with E-state index >= 15 is 0 Å². The highest BCUT2D eigenvalue weighted by Crippen LogP contribution is 2.18. The van der Waals surface area contributed by atoms with Crippen molar-refractivity contribution in [3.8, 4) is 11.7 Å². The Kier molecular flexibility index (Phi) is 3.16. The lowest BCUT2D eigenvalue weighted by Gasteiger charge is -2.00. The van der Waals surface area contributed by atoms with Crippen LogP contribution < -0.4 is 0 Å². The molecule has 20 heavy (non-hydrogen) atoms. The predicted molar refractivity (Wildman–Crippen MR) is 72.2 cm³/mol. The van der Waals surface area contributed by atoms with Gasteiger partial charge in [0.05, 0.1) is 5.69 Å². The van der Waals surface area contributed by atoms with Crippen LogP contribution in [0.1, 0.15) is 11.3 Å². The lowest BCUT2D eigenvalue weighted by atomic mass is 10.1. The fourth-order valence-electron chi connectivity index (χ4n) is 1.96. The first-order valence-electron chi connectivity index (χ1n) is 6.16. The van der Waals surface area contributed by atoms with Gasteiger partial charge in [-0.1, -0.05) is 18.2 Å². The van der Waals surface area contributed by atoms with Crippen molar-refractivity contribution in [2.45, 2.75) is 6.42 Å². The Hall–Kier alpha value is -2.69. The lowest BCUT2D eigenvalue weighted by molar-refractivity contribution is 0.432. The van der Waals surface area contributed by atoms with Gasteiger partial charge >= 0.3 is 0 Å². The highest BCUT2D eigenvalue weighted by atomic mass is 19.1. The Morgan fingerprint density at radius 2 is 1.90 bits per heavy atom. The van der Waals surface area contributed by atoms with Crippen molar-refractivity contribution in [2.24, 2.45) is 0 Å². The van der Waals surface area contributed by atoms with E-state index in [0.29, 0.717) is 17.9 Å². The number of nitrogens with zero attached hydrogens (tertiary/aromatic N) is 3. The van der Waals surface area contributed by atoms with Crippen LogP contribution in [0.25, 0.3) is 5.82 Å². The highest BCUT2D eigenvalue weighted by molar-refractivity contribution is 5.31. The number of aromatic nitrogens is 3. The average molecular weight is 269 g/mol. The average Bonchev–Trinajstić information content (AvgIpc) is 2.83. The maximum atomic E-state index is 12.8. The summed E-state index contributed by atoms with van der Waals surface area (Å²) in [6.07, 6.45) is 2.16. The summed E-state index contributed by atoms with van der Waals surface area (Å²) in [5.74, 6) is 0.312. The van der Waals surface area contributed by atoms with Gasteiger partial charge in [0.2, 0.25) is 5.88 Å². The van der Waals surface area contributed by atoms with E-state index in [1.54, 1.807) is 36.5 Å². The van der Waals surface area contributed by atoms with Gasteiger partial charge in [-0.05, 0) is 29.8 Å². The van der Waals surface area contributed by atoms with E-state index in [1.165, 1.54) is 16.8 Å². The number of pyridine rings is 1. The fraction of sp³-hybridized carbons (Fsp3) is 0.0667. The summed E-state index contributed by atoms with van der Waals surface area (Å²) in [5.41, 5.74) is 1.62. The monoisotopic (exact) mass is 269 g/mol. The molecule has 0 bridgehead atoms. The second kappa shape index (κ2) is 5.13. The van der Waals surface area contributed by atoms with Crippen LogP contribution in [0.3, 0.4) is 0 Å². The maximum Gasteiger partial charge on any atom is 0.215 e. The molecule has 3 aromatic rings. The van der Waals surface area contributed by atoms with Gasteiger partial charge in [0.15, 0.2) is 5.82 Å². The molecule has 1 N–H and O–H groups in total. The predicted octanol–water partition coefficient (Wildman–Crippen LogP) is 2.70. The van der Waals surface area contributed by atoms with E-state index in [0.717, 1.165) is 5.56 Å². The molecule has 0 radical (unpaired) electrons. The Morgan fingerprint density at radius 3 is 2.60 bits per heavy atom. The first-order chi connectivity index (χ1) is 9.72. The van der Waals surface area contributed by atoms with Gasteiger partial charge < -0.3 is 5.11 Å². The number of benzene rings is 1. The van der Waals surface area contributed by atoms with Crippen LogP contribution in [-0.4, -0.2) is 19.9 Å². The summed E-state index contributed by atoms with van der Waals surface area (Å²) in [6.45, 7) is 0. The zero-order chi connectivity index (χ0) is 13.9. The van der Waals surface area contributed by atoms with Crippen LogP contribution in [0.2, 0.25) is 0 Å². The Morgan fingerprint density at radius 1 is 1.10 bits per heavy atom. The van der Waals surface area contributed by atoms with E-state index in [2.05, 4.69) is 10.1 Å². The van der Waals surface area contributed by atoms with Crippen LogP contribution in [0, 0.1) is 5.82 Å². The molecule has 0 aliphatic heterocycles. The van der Waals surface area contributed by atoms with Gasteiger partial charge in [-0.25, -0.2) is 9.37 Å².